The van der Waals surface area contributed by atoms with Gasteiger partial charge in [-0.1, -0.05) is 24.3 Å². The van der Waals surface area contributed by atoms with Gasteiger partial charge in [0.1, 0.15) is 0 Å². The van der Waals surface area contributed by atoms with Gasteiger partial charge in [-0.3, -0.25) is 0 Å². The first-order valence-corrected chi connectivity index (χ1v) is 7.79. The predicted molar refractivity (Wildman–Crippen MR) is 80.8 cm³/mol. The molecule has 0 atom stereocenters. The molecule has 0 aliphatic heterocycles. The Bertz CT molecular complexity index is 724. The summed E-state index contributed by atoms with van der Waals surface area (Å²) >= 11 is 0. The van der Waals surface area contributed by atoms with Crippen LogP contribution in [-0.4, -0.2) is 8.42 Å². The molecule has 0 unspecified atom stereocenters. The highest BCUT2D eigenvalue weighted by Gasteiger charge is 2.16. The number of nitrogens with two attached hydrogens (primary N) is 1. The van der Waals surface area contributed by atoms with E-state index in [1.165, 1.54) is 6.07 Å². The zero-order chi connectivity index (χ0) is 14.8. The van der Waals surface area contributed by atoms with Crippen molar-refractivity contribution in [1.29, 1.82) is 0 Å². The molecule has 0 aliphatic carbocycles. The molecular formula is C15H18N2O2S. The molecule has 0 bridgehead atoms. The molecular weight excluding hydrogens is 272 g/mol. The fraction of sp³-hybridized carbons (Fsp3) is 0.200. The van der Waals surface area contributed by atoms with E-state index in [0.717, 1.165) is 11.1 Å². The fourth-order valence-corrected chi connectivity index (χ4v) is 3.26. The summed E-state index contributed by atoms with van der Waals surface area (Å²) in [5, 5.41) is 0. The number of sulfonamides is 1. The summed E-state index contributed by atoms with van der Waals surface area (Å²) in [4.78, 5) is 0.264. The first-order valence-electron chi connectivity index (χ1n) is 6.30. The first-order chi connectivity index (χ1) is 9.40. The second-order valence-corrected chi connectivity index (χ2v) is 6.51. The van der Waals surface area contributed by atoms with Crippen molar-refractivity contribution in [2.75, 3.05) is 5.73 Å². The van der Waals surface area contributed by atoms with Gasteiger partial charge in [0, 0.05) is 12.2 Å². The predicted octanol–water partition coefficient (Wildman–Crippen LogP) is 2.36. The van der Waals surface area contributed by atoms with E-state index in [2.05, 4.69) is 4.72 Å². The van der Waals surface area contributed by atoms with E-state index in [9.17, 15) is 8.42 Å². The van der Waals surface area contributed by atoms with Crippen molar-refractivity contribution < 1.29 is 8.42 Å². The largest absolute Gasteiger partial charge is 0.399 e. The second kappa shape index (κ2) is 5.64. The van der Waals surface area contributed by atoms with Crippen molar-refractivity contribution in [3.8, 4) is 0 Å². The molecule has 2 aromatic rings. The molecule has 0 saturated carbocycles. The Hall–Kier alpha value is -1.85. The maximum Gasteiger partial charge on any atom is 0.241 e. The highest BCUT2D eigenvalue weighted by atomic mass is 32.2. The SMILES string of the molecule is Cc1ccccc1CNS(=O)(=O)c1ccc(N)cc1C. The molecule has 0 aromatic heterocycles. The normalized spacial score (nSPS) is 11.5. The Balaban J connectivity index is 2.22. The van der Waals surface area contributed by atoms with Gasteiger partial charge in [-0.05, 0) is 48.7 Å². The van der Waals surface area contributed by atoms with Gasteiger partial charge >= 0.3 is 0 Å². The summed E-state index contributed by atoms with van der Waals surface area (Å²) in [7, 11) is -3.53. The van der Waals surface area contributed by atoms with Gasteiger partial charge in [-0.15, -0.1) is 0 Å². The van der Waals surface area contributed by atoms with E-state index in [1.807, 2.05) is 31.2 Å². The number of benzene rings is 2. The summed E-state index contributed by atoms with van der Waals surface area (Å²) in [5.41, 5.74) is 8.86. The summed E-state index contributed by atoms with van der Waals surface area (Å²) in [6.07, 6.45) is 0. The van der Waals surface area contributed by atoms with Gasteiger partial charge in [-0.2, -0.15) is 0 Å². The molecule has 2 rings (SSSR count). The molecule has 0 saturated heterocycles. The molecule has 2 aromatic carbocycles. The van der Waals surface area contributed by atoms with Gasteiger partial charge in [0.25, 0.3) is 0 Å². The van der Waals surface area contributed by atoms with E-state index in [-0.39, 0.29) is 11.4 Å². The Labute approximate surface area is 119 Å². The number of hydrogen-bond donors (Lipinski definition) is 2. The number of nitrogen functional groups attached to an aromatic ring is 1. The monoisotopic (exact) mass is 290 g/mol. The van der Waals surface area contributed by atoms with Crippen molar-refractivity contribution in [3.05, 3.63) is 59.2 Å². The van der Waals surface area contributed by atoms with Crippen molar-refractivity contribution >= 4 is 15.7 Å². The van der Waals surface area contributed by atoms with E-state index >= 15 is 0 Å². The minimum Gasteiger partial charge on any atom is -0.399 e. The minimum absolute atomic E-state index is 0.264. The first kappa shape index (κ1) is 14.6. The maximum atomic E-state index is 12.3. The fourth-order valence-electron chi connectivity index (χ4n) is 2.03. The van der Waals surface area contributed by atoms with Crippen LogP contribution in [0.1, 0.15) is 16.7 Å². The third-order valence-electron chi connectivity index (χ3n) is 3.20. The van der Waals surface area contributed by atoms with Crippen molar-refractivity contribution in [2.45, 2.75) is 25.3 Å². The Morgan fingerprint density at radius 1 is 1.05 bits per heavy atom. The van der Waals surface area contributed by atoms with Crippen LogP contribution in [0.4, 0.5) is 5.69 Å². The van der Waals surface area contributed by atoms with Crippen LogP contribution in [0, 0.1) is 13.8 Å². The van der Waals surface area contributed by atoms with Gasteiger partial charge in [0.05, 0.1) is 4.90 Å². The van der Waals surface area contributed by atoms with E-state index < -0.39 is 10.0 Å². The Kier molecular flexibility index (Phi) is 4.11. The molecule has 0 radical (unpaired) electrons. The minimum atomic E-state index is -3.53. The van der Waals surface area contributed by atoms with E-state index in [1.54, 1.807) is 19.1 Å². The molecule has 106 valence electrons. The quantitative estimate of drug-likeness (QED) is 0.849. The number of nitrogens with one attached hydrogen (secondary N) is 1. The van der Waals surface area contributed by atoms with Crippen LogP contribution in [-0.2, 0) is 16.6 Å². The lowest BCUT2D eigenvalue weighted by Gasteiger charge is -2.11. The lowest BCUT2D eigenvalue weighted by molar-refractivity contribution is 0.580. The Morgan fingerprint density at radius 3 is 2.40 bits per heavy atom. The molecule has 0 aliphatic rings. The molecule has 3 N–H and O–H groups in total. The van der Waals surface area contributed by atoms with Crippen LogP contribution in [0.25, 0.3) is 0 Å². The number of anilines is 1. The topological polar surface area (TPSA) is 72.2 Å². The van der Waals surface area contributed by atoms with Crippen LogP contribution in [0.15, 0.2) is 47.4 Å². The zero-order valence-corrected chi connectivity index (χ0v) is 12.4. The van der Waals surface area contributed by atoms with Crippen LogP contribution in [0.5, 0.6) is 0 Å². The third kappa shape index (κ3) is 3.18. The zero-order valence-electron chi connectivity index (χ0n) is 11.6. The van der Waals surface area contributed by atoms with Crippen molar-refractivity contribution in [3.63, 3.8) is 0 Å². The van der Waals surface area contributed by atoms with Gasteiger partial charge in [0.15, 0.2) is 0 Å². The summed E-state index contributed by atoms with van der Waals surface area (Å²) in [6, 6.07) is 12.5. The van der Waals surface area contributed by atoms with Gasteiger partial charge in [-0.25, -0.2) is 13.1 Å². The molecule has 4 nitrogen and oxygen atoms in total. The lowest BCUT2D eigenvalue weighted by Crippen LogP contribution is -2.24. The van der Waals surface area contributed by atoms with Crippen molar-refractivity contribution in [2.24, 2.45) is 0 Å². The van der Waals surface area contributed by atoms with Crippen LogP contribution in [0.2, 0.25) is 0 Å². The average molecular weight is 290 g/mol. The standard InChI is InChI=1S/C15H18N2O2S/c1-11-5-3-4-6-13(11)10-17-20(18,19)15-8-7-14(16)9-12(15)2/h3-9,17H,10,16H2,1-2H3. The molecule has 0 fully saturated rings. The molecule has 0 amide bonds. The van der Waals surface area contributed by atoms with Crippen LogP contribution in [0.3, 0.4) is 0 Å². The number of aryl methyl sites for hydroxylation is 2. The summed E-state index contributed by atoms with van der Waals surface area (Å²) < 4.78 is 27.2. The second-order valence-electron chi connectivity index (χ2n) is 4.78. The van der Waals surface area contributed by atoms with E-state index in [0.29, 0.717) is 11.3 Å². The smallest absolute Gasteiger partial charge is 0.241 e. The van der Waals surface area contributed by atoms with E-state index in [4.69, 9.17) is 5.73 Å². The van der Waals surface area contributed by atoms with Gasteiger partial charge < -0.3 is 5.73 Å². The summed E-state index contributed by atoms with van der Waals surface area (Å²) in [5.74, 6) is 0. The van der Waals surface area contributed by atoms with Gasteiger partial charge in [0.2, 0.25) is 10.0 Å². The Morgan fingerprint density at radius 2 is 1.75 bits per heavy atom. The highest BCUT2D eigenvalue weighted by Crippen LogP contribution is 2.18. The van der Waals surface area contributed by atoms with Crippen LogP contribution >= 0.6 is 0 Å². The maximum absolute atomic E-state index is 12.3. The molecule has 0 heterocycles. The molecule has 20 heavy (non-hydrogen) atoms. The number of rotatable bonds is 4. The number of hydrogen-bond acceptors (Lipinski definition) is 3. The average Bonchev–Trinajstić information content (AvgIpc) is 2.37. The van der Waals surface area contributed by atoms with Crippen LogP contribution < -0.4 is 10.5 Å². The molecule has 5 heteroatoms. The lowest BCUT2D eigenvalue weighted by atomic mass is 10.1. The van der Waals surface area contributed by atoms with Crippen molar-refractivity contribution in [1.82, 2.24) is 4.72 Å². The third-order valence-corrected chi connectivity index (χ3v) is 4.76. The highest BCUT2D eigenvalue weighted by molar-refractivity contribution is 7.89. The molecule has 0 spiro atoms. The summed E-state index contributed by atoms with van der Waals surface area (Å²) in [6.45, 7) is 3.97.